The largest absolute Gasteiger partial charge is 0.493 e. The van der Waals surface area contributed by atoms with Crippen molar-refractivity contribution in [3.05, 3.63) is 50.1 Å². The summed E-state index contributed by atoms with van der Waals surface area (Å²) in [5.74, 6) is -0.992. The van der Waals surface area contributed by atoms with Crippen molar-refractivity contribution in [2.24, 2.45) is 0 Å². The van der Waals surface area contributed by atoms with E-state index in [2.05, 4.69) is 9.97 Å². The lowest BCUT2D eigenvalue weighted by molar-refractivity contribution is -0.387. The highest BCUT2D eigenvalue weighted by Crippen LogP contribution is 2.29. The Hall–Kier alpha value is -3.69. The number of hydrogen-bond donors (Lipinski definition) is 2. The van der Waals surface area contributed by atoms with Crippen molar-refractivity contribution in [3.8, 4) is 17.4 Å². The van der Waals surface area contributed by atoms with Crippen molar-refractivity contribution in [3.63, 3.8) is 0 Å². The van der Waals surface area contributed by atoms with Gasteiger partial charge in [-0.1, -0.05) is 12.1 Å². The predicted octanol–water partition coefficient (Wildman–Crippen LogP) is 1.49. The topological polar surface area (TPSA) is 145 Å². The maximum atomic E-state index is 11.6. The Morgan fingerprint density at radius 3 is 2.64 bits per heavy atom. The molecule has 0 amide bonds. The van der Waals surface area contributed by atoms with Crippen LogP contribution in [0.2, 0.25) is 0 Å². The molecule has 0 radical (unpaired) electrons. The Bertz CT molecular complexity index is 918. The van der Waals surface area contributed by atoms with Crippen molar-refractivity contribution in [2.75, 3.05) is 7.11 Å². The number of aromatic amines is 1. The van der Waals surface area contributed by atoms with Crippen LogP contribution in [0.1, 0.15) is 18.3 Å². The second-order valence-corrected chi connectivity index (χ2v) is 4.72. The molecule has 0 aliphatic rings. The van der Waals surface area contributed by atoms with Crippen molar-refractivity contribution in [1.29, 1.82) is 0 Å². The number of rotatable bonds is 5. The van der Waals surface area contributed by atoms with Crippen molar-refractivity contribution < 1.29 is 24.3 Å². The number of carbonyl (C=O) groups excluding carboxylic acids is 1. The molecule has 1 aromatic carbocycles. The van der Waals surface area contributed by atoms with Crippen LogP contribution in [-0.2, 0) is 4.79 Å². The minimum atomic E-state index is -1.07. The Morgan fingerprint density at radius 2 is 2.08 bits per heavy atom. The van der Waals surface area contributed by atoms with E-state index >= 15 is 0 Å². The van der Waals surface area contributed by atoms with Crippen LogP contribution in [-0.4, -0.2) is 33.1 Å². The third-order valence-corrected chi connectivity index (χ3v) is 2.95. The second-order valence-electron chi connectivity index (χ2n) is 4.72. The van der Waals surface area contributed by atoms with Gasteiger partial charge in [0.1, 0.15) is 5.82 Å². The molecule has 0 aliphatic heterocycles. The smallest absolute Gasteiger partial charge is 0.395 e. The van der Waals surface area contributed by atoms with E-state index in [9.17, 15) is 24.8 Å². The van der Waals surface area contributed by atoms with E-state index in [0.29, 0.717) is 11.3 Å². The Morgan fingerprint density at radius 1 is 1.36 bits per heavy atom. The number of hydrogen-bond acceptors (Lipinski definition) is 8. The summed E-state index contributed by atoms with van der Waals surface area (Å²) in [7, 11) is 1.41. The van der Waals surface area contributed by atoms with Gasteiger partial charge in [-0.25, -0.2) is 0 Å². The van der Waals surface area contributed by atoms with Crippen LogP contribution >= 0.6 is 0 Å². The van der Waals surface area contributed by atoms with E-state index < -0.39 is 28.0 Å². The molecule has 0 atom stereocenters. The molecular weight excluding hydrogens is 334 g/mol. The molecule has 0 unspecified atom stereocenters. The fraction of sp³-hybridized carbons (Fsp3) is 0.133. The molecule has 0 spiro atoms. The maximum Gasteiger partial charge on any atom is 0.395 e. The fourth-order valence-electron chi connectivity index (χ4n) is 1.92. The van der Waals surface area contributed by atoms with Gasteiger partial charge in [0, 0.05) is 6.92 Å². The number of esters is 1. The quantitative estimate of drug-likeness (QED) is 0.358. The van der Waals surface area contributed by atoms with E-state index in [-0.39, 0.29) is 11.6 Å². The summed E-state index contributed by atoms with van der Waals surface area (Å²) < 4.78 is 10.1. The number of ether oxygens (including phenoxy) is 2. The average molecular weight is 347 g/mol. The van der Waals surface area contributed by atoms with Crippen LogP contribution < -0.4 is 15.0 Å². The summed E-state index contributed by atoms with van der Waals surface area (Å²) in [6.07, 6.45) is 2.86. The summed E-state index contributed by atoms with van der Waals surface area (Å²) in [5, 5.41) is 20.1. The maximum absolute atomic E-state index is 11.6. The number of nitro groups is 1. The average Bonchev–Trinajstić information content (AvgIpc) is 2.52. The van der Waals surface area contributed by atoms with Gasteiger partial charge in [0.2, 0.25) is 0 Å². The molecule has 2 rings (SSSR count). The fourth-order valence-corrected chi connectivity index (χ4v) is 1.92. The van der Waals surface area contributed by atoms with Gasteiger partial charge in [-0.3, -0.25) is 19.7 Å². The molecule has 0 bridgehead atoms. The van der Waals surface area contributed by atoms with Gasteiger partial charge < -0.3 is 19.6 Å². The minimum Gasteiger partial charge on any atom is -0.493 e. The summed E-state index contributed by atoms with van der Waals surface area (Å²) in [6, 6.07) is 4.70. The SMILES string of the molecule is COc1cc(C=Cc2nc(O)c([N+](=O)[O-])c(=O)[nH]2)ccc1OC(C)=O. The number of H-pyrrole nitrogens is 1. The first kappa shape index (κ1) is 17.7. The number of aromatic nitrogens is 2. The minimum absolute atomic E-state index is 0.0730. The number of aromatic hydroxyl groups is 1. The van der Waals surface area contributed by atoms with Crippen LogP contribution in [0.4, 0.5) is 5.69 Å². The van der Waals surface area contributed by atoms with Gasteiger partial charge in [0.25, 0.3) is 5.88 Å². The molecule has 0 aliphatic carbocycles. The first-order valence-electron chi connectivity index (χ1n) is 6.84. The van der Waals surface area contributed by atoms with Crippen LogP contribution in [0.5, 0.6) is 17.4 Å². The van der Waals surface area contributed by atoms with Crippen molar-refractivity contribution >= 4 is 23.8 Å². The molecule has 25 heavy (non-hydrogen) atoms. The third-order valence-electron chi connectivity index (χ3n) is 2.95. The molecule has 10 heteroatoms. The summed E-state index contributed by atoms with van der Waals surface area (Å²) in [6.45, 7) is 1.26. The molecule has 2 N–H and O–H groups in total. The number of nitrogens with zero attached hydrogens (tertiary/aromatic N) is 2. The summed E-state index contributed by atoms with van der Waals surface area (Å²) >= 11 is 0. The highest BCUT2D eigenvalue weighted by molar-refractivity contribution is 5.72. The van der Waals surface area contributed by atoms with Crippen LogP contribution in [0, 0.1) is 10.1 Å². The second kappa shape index (κ2) is 7.25. The third kappa shape index (κ3) is 4.19. The summed E-state index contributed by atoms with van der Waals surface area (Å²) in [4.78, 5) is 37.9. The van der Waals surface area contributed by atoms with Gasteiger partial charge in [-0.05, 0) is 23.8 Å². The Kier molecular flexibility index (Phi) is 5.12. The van der Waals surface area contributed by atoms with E-state index in [1.807, 2.05) is 0 Å². The van der Waals surface area contributed by atoms with Crippen LogP contribution in [0.3, 0.4) is 0 Å². The number of carbonyl (C=O) groups is 1. The van der Waals surface area contributed by atoms with Crippen LogP contribution in [0.25, 0.3) is 12.2 Å². The molecule has 0 saturated carbocycles. The summed E-state index contributed by atoms with van der Waals surface area (Å²) in [5.41, 5.74) is -1.49. The molecule has 130 valence electrons. The van der Waals surface area contributed by atoms with Crippen LogP contribution in [0.15, 0.2) is 23.0 Å². The highest BCUT2D eigenvalue weighted by atomic mass is 16.6. The lowest BCUT2D eigenvalue weighted by Gasteiger charge is -2.08. The van der Waals surface area contributed by atoms with E-state index in [1.54, 1.807) is 12.1 Å². The zero-order chi connectivity index (χ0) is 18.6. The lowest BCUT2D eigenvalue weighted by atomic mass is 10.2. The Labute approximate surface area is 140 Å². The first-order chi connectivity index (χ1) is 11.8. The molecule has 0 saturated heterocycles. The standard InChI is InChI=1S/C15H13N3O7/c1-8(19)25-10-5-3-9(7-11(10)24-2)4-6-12-16-14(20)13(18(22)23)15(21)17-12/h3-7H,1-2H3,(H2,16,17,20,21). The van der Waals surface area contributed by atoms with E-state index in [1.165, 1.54) is 32.3 Å². The molecular formula is C15H13N3O7. The Balaban J connectivity index is 2.32. The highest BCUT2D eigenvalue weighted by Gasteiger charge is 2.21. The number of methoxy groups -OCH3 is 1. The zero-order valence-electron chi connectivity index (χ0n) is 13.2. The molecule has 1 heterocycles. The van der Waals surface area contributed by atoms with Gasteiger partial charge >= 0.3 is 17.2 Å². The molecule has 0 fully saturated rings. The van der Waals surface area contributed by atoms with E-state index in [0.717, 1.165) is 0 Å². The van der Waals surface area contributed by atoms with E-state index in [4.69, 9.17) is 9.47 Å². The first-order valence-corrected chi connectivity index (χ1v) is 6.84. The van der Waals surface area contributed by atoms with Gasteiger partial charge in [-0.2, -0.15) is 4.98 Å². The zero-order valence-corrected chi connectivity index (χ0v) is 13.2. The molecule has 10 nitrogen and oxygen atoms in total. The number of benzene rings is 1. The predicted molar refractivity (Wildman–Crippen MR) is 86.4 cm³/mol. The molecule has 2 aromatic rings. The molecule has 1 aromatic heterocycles. The van der Waals surface area contributed by atoms with Crippen molar-refractivity contribution in [2.45, 2.75) is 6.92 Å². The van der Waals surface area contributed by atoms with Gasteiger partial charge in [-0.15, -0.1) is 0 Å². The normalized spacial score (nSPS) is 10.6. The van der Waals surface area contributed by atoms with Gasteiger partial charge in [0.05, 0.1) is 12.0 Å². The lowest BCUT2D eigenvalue weighted by Crippen LogP contribution is -2.14. The number of nitrogens with one attached hydrogen (secondary N) is 1. The monoisotopic (exact) mass is 347 g/mol. The van der Waals surface area contributed by atoms with Gasteiger partial charge in [0.15, 0.2) is 11.5 Å². The van der Waals surface area contributed by atoms with Crippen molar-refractivity contribution in [1.82, 2.24) is 9.97 Å².